The highest BCUT2D eigenvalue weighted by atomic mass is 14.9. The number of aromatic nitrogens is 2. The number of hydrogen-bond donors (Lipinski definition) is 1. The van der Waals surface area contributed by atoms with Gasteiger partial charge in [-0.15, -0.1) is 0 Å². The fourth-order valence-corrected chi connectivity index (χ4v) is 4.30. The van der Waals surface area contributed by atoms with E-state index in [2.05, 4.69) is 88.7 Å². The maximum atomic E-state index is 3.62. The Morgan fingerprint density at radius 3 is 2.42 bits per heavy atom. The molecule has 0 fully saturated rings. The zero-order valence-corrected chi connectivity index (χ0v) is 14.9. The van der Waals surface area contributed by atoms with E-state index >= 15 is 0 Å². The maximum absolute atomic E-state index is 3.62. The summed E-state index contributed by atoms with van der Waals surface area (Å²) in [5.74, 6) is 0.703. The van der Waals surface area contributed by atoms with Crippen LogP contribution in [0, 0.1) is 5.92 Å². The van der Waals surface area contributed by atoms with Crippen LogP contribution in [0.1, 0.15) is 17.7 Å². The Kier molecular flexibility index (Phi) is 3.82. The summed E-state index contributed by atoms with van der Waals surface area (Å²) in [5, 5.41) is 1.41. The van der Waals surface area contributed by atoms with Gasteiger partial charge in [-0.1, -0.05) is 48.5 Å². The number of hydrogen-bond acceptors (Lipinski definition) is 0. The predicted octanol–water partition coefficient (Wildman–Crippen LogP) is 4.93. The topological polar surface area (TPSA) is 19.7 Å². The highest BCUT2D eigenvalue weighted by molar-refractivity contribution is 5.84. The van der Waals surface area contributed by atoms with Crippen LogP contribution in [-0.4, -0.2) is 4.98 Å². The zero-order valence-electron chi connectivity index (χ0n) is 14.9. The number of rotatable bonds is 3. The minimum Gasteiger partial charge on any atom is -0.358 e. The van der Waals surface area contributed by atoms with Gasteiger partial charge in [-0.3, -0.25) is 0 Å². The van der Waals surface area contributed by atoms with E-state index in [0.29, 0.717) is 5.92 Å². The Balaban J connectivity index is 1.34. The van der Waals surface area contributed by atoms with E-state index in [4.69, 9.17) is 0 Å². The Bertz CT molecular complexity index is 1030. The normalized spacial score (nSPS) is 16.5. The number of fused-ring (bicyclic) bond motifs is 3. The van der Waals surface area contributed by atoms with Gasteiger partial charge < -0.3 is 4.98 Å². The lowest BCUT2D eigenvalue weighted by Gasteiger charge is -2.20. The summed E-state index contributed by atoms with van der Waals surface area (Å²) in [5.41, 5.74) is 6.84. The molecule has 1 unspecified atom stereocenters. The van der Waals surface area contributed by atoms with Crippen LogP contribution in [0.5, 0.6) is 0 Å². The second kappa shape index (κ2) is 6.45. The minimum absolute atomic E-state index is 0.703. The Morgan fingerprint density at radius 2 is 1.58 bits per heavy atom. The summed E-state index contributed by atoms with van der Waals surface area (Å²) in [6.07, 6.45) is 8.05. The van der Waals surface area contributed by atoms with Gasteiger partial charge in [0.2, 0.25) is 0 Å². The first-order valence-electron chi connectivity index (χ1n) is 9.50. The number of aromatic amines is 1. The second-order valence-electron chi connectivity index (χ2n) is 7.39. The summed E-state index contributed by atoms with van der Waals surface area (Å²) in [6, 6.07) is 23.8. The van der Waals surface area contributed by atoms with Crippen molar-refractivity contribution in [3.8, 4) is 11.1 Å². The van der Waals surface area contributed by atoms with Crippen molar-refractivity contribution in [2.24, 2.45) is 5.92 Å². The second-order valence-corrected chi connectivity index (χ2v) is 7.39. The molecule has 4 aromatic rings. The lowest BCUT2D eigenvalue weighted by atomic mass is 9.86. The lowest BCUT2D eigenvalue weighted by Crippen LogP contribution is -2.38. The monoisotopic (exact) mass is 339 g/mol. The smallest absolute Gasteiger partial charge is 0.169 e. The van der Waals surface area contributed by atoms with Crippen molar-refractivity contribution in [3.63, 3.8) is 0 Å². The highest BCUT2D eigenvalue weighted by Crippen LogP contribution is 2.31. The minimum atomic E-state index is 0.703. The quantitative estimate of drug-likeness (QED) is 0.511. The Hall–Kier alpha value is -2.87. The molecule has 2 heteroatoms. The first kappa shape index (κ1) is 15.4. The van der Waals surface area contributed by atoms with Gasteiger partial charge in [0.25, 0.3) is 0 Å². The fraction of sp³-hybridized carbons (Fsp3) is 0.208. The highest BCUT2D eigenvalue weighted by Gasteiger charge is 2.24. The molecule has 0 saturated heterocycles. The summed E-state index contributed by atoms with van der Waals surface area (Å²) in [4.78, 5) is 3.62. The van der Waals surface area contributed by atoms with Crippen LogP contribution in [0.15, 0.2) is 79.1 Å². The number of H-pyrrole nitrogens is 1. The Morgan fingerprint density at radius 1 is 0.846 bits per heavy atom. The van der Waals surface area contributed by atoms with E-state index in [1.54, 1.807) is 5.56 Å². The number of benzene rings is 2. The van der Waals surface area contributed by atoms with E-state index < -0.39 is 0 Å². The molecule has 0 spiro atoms. The molecule has 0 amide bonds. The molecular weight excluding hydrogens is 316 g/mol. The van der Waals surface area contributed by atoms with Gasteiger partial charge in [0, 0.05) is 34.6 Å². The molecule has 0 radical (unpaired) electrons. The molecule has 1 aliphatic rings. The SMILES string of the molecule is c1ccc(-c2cc[n+](CC3CCc4[nH]c5ccccc5c4C3)cc2)cc1. The molecule has 128 valence electrons. The standard InChI is InChI=1S/C24H23N2/c1-2-6-19(7-3-1)20-12-14-26(15-13-20)17-18-10-11-24-22(16-18)21-8-4-5-9-23(21)25-24/h1-9,12-15,18,25H,10-11,16-17H2/q+1. The summed E-state index contributed by atoms with van der Waals surface area (Å²) >= 11 is 0. The molecule has 2 aromatic heterocycles. The van der Waals surface area contributed by atoms with Crippen molar-refractivity contribution in [3.05, 3.63) is 90.4 Å². The molecule has 1 atom stereocenters. The van der Waals surface area contributed by atoms with Gasteiger partial charge in [0.15, 0.2) is 18.9 Å². The van der Waals surface area contributed by atoms with Crippen molar-refractivity contribution in [1.29, 1.82) is 0 Å². The molecule has 0 saturated carbocycles. The first-order valence-corrected chi connectivity index (χ1v) is 9.50. The molecule has 0 bridgehead atoms. The van der Waals surface area contributed by atoms with Crippen LogP contribution in [0.3, 0.4) is 0 Å². The number of pyridine rings is 1. The number of nitrogens with one attached hydrogen (secondary N) is 1. The molecule has 5 rings (SSSR count). The first-order chi connectivity index (χ1) is 12.9. The number of aryl methyl sites for hydroxylation is 1. The van der Waals surface area contributed by atoms with E-state index in [0.717, 1.165) is 13.0 Å². The molecular formula is C24H23N2+. The fourth-order valence-electron chi connectivity index (χ4n) is 4.30. The van der Waals surface area contributed by atoms with Crippen LogP contribution < -0.4 is 4.57 Å². The van der Waals surface area contributed by atoms with Crippen molar-refractivity contribution in [2.45, 2.75) is 25.8 Å². The van der Waals surface area contributed by atoms with E-state index in [-0.39, 0.29) is 0 Å². The molecule has 1 aliphatic carbocycles. The average molecular weight is 339 g/mol. The van der Waals surface area contributed by atoms with E-state index in [1.807, 2.05) is 0 Å². The van der Waals surface area contributed by atoms with Gasteiger partial charge in [-0.2, -0.15) is 0 Å². The van der Waals surface area contributed by atoms with Crippen LogP contribution in [0.4, 0.5) is 0 Å². The van der Waals surface area contributed by atoms with Crippen molar-refractivity contribution in [1.82, 2.24) is 4.98 Å². The molecule has 1 N–H and O–H groups in total. The molecule has 2 heterocycles. The summed E-state index contributed by atoms with van der Waals surface area (Å²) < 4.78 is 2.34. The summed E-state index contributed by atoms with van der Waals surface area (Å²) in [6.45, 7) is 1.09. The van der Waals surface area contributed by atoms with Gasteiger partial charge in [-0.25, -0.2) is 4.57 Å². The largest absolute Gasteiger partial charge is 0.358 e. The number of nitrogens with zero attached hydrogens (tertiary/aromatic N) is 1. The third-order valence-electron chi connectivity index (χ3n) is 5.66. The van der Waals surface area contributed by atoms with Gasteiger partial charge in [0.1, 0.15) is 0 Å². The van der Waals surface area contributed by atoms with Gasteiger partial charge in [-0.05, 0) is 42.0 Å². The summed E-state index contributed by atoms with van der Waals surface area (Å²) in [7, 11) is 0. The van der Waals surface area contributed by atoms with Gasteiger partial charge in [0.05, 0.1) is 0 Å². The van der Waals surface area contributed by atoms with E-state index in [1.165, 1.54) is 40.6 Å². The molecule has 2 nitrogen and oxygen atoms in total. The number of para-hydroxylation sites is 1. The van der Waals surface area contributed by atoms with Crippen molar-refractivity contribution in [2.75, 3.05) is 0 Å². The maximum Gasteiger partial charge on any atom is 0.169 e. The molecule has 0 aliphatic heterocycles. The van der Waals surface area contributed by atoms with Crippen molar-refractivity contribution >= 4 is 10.9 Å². The Labute approximate surface area is 154 Å². The third kappa shape index (κ3) is 2.82. The van der Waals surface area contributed by atoms with Crippen LogP contribution in [0.25, 0.3) is 22.0 Å². The predicted molar refractivity (Wildman–Crippen MR) is 106 cm³/mol. The van der Waals surface area contributed by atoms with Crippen LogP contribution >= 0.6 is 0 Å². The van der Waals surface area contributed by atoms with Crippen molar-refractivity contribution < 1.29 is 4.57 Å². The third-order valence-corrected chi connectivity index (χ3v) is 5.66. The molecule has 2 aromatic carbocycles. The lowest BCUT2D eigenvalue weighted by molar-refractivity contribution is -0.703. The average Bonchev–Trinajstić information content (AvgIpc) is 3.07. The van der Waals surface area contributed by atoms with Crippen LogP contribution in [0.2, 0.25) is 0 Å². The van der Waals surface area contributed by atoms with E-state index in [9.17, 15) is 0 Å². The molecule has 26 heavy (non-hydrogen) atoms. The van der Waals surface area contributed by atoms with Gasteiger partial charge >= 0.3 is 0 Å². The van der Waals surface area contributed by atoms with Crippen LogP contribution in [-0.2, 0) is 19.4 Å². The zero-order chi connectivity index (χ0) is 17.3.